The van der Waals surface area contributed by atoms with Gasteiger partial charge in [0.2, 0.25) is 0 Å². The Kier molecular flexibility index (Phi) is 8.23. The van der Waals surface area contributed by atoms with Crippen LogP contribution in [0.2, 0.25) is 0 Å². The molecule has 0 bridgehead atoms. The van der Waals surface area contributed by atoms with Crippen LogP contribution >= 0.6 is 0 Å². The van der Waals surface area contributed by atoms with E-state index >= 15 is 0 Å². The number of ether oxygens (including phenoxy) is 3. The Bertz CT molecular complexity index is 1210. The van der Waals surface area contributed by atoms with Gasteiger partial charge in [-0.3, -0.25) is 0 Å². The molecular weight excluding hydrogens is 470 g/mol. The molecule has 7 nitrogen and oxygen atoms in total. The largest absolute Gasteiger partial charge is 0.458 e. The number of hydrogen-bond acceptors (Lipinski definition) is 6. The van der Waals surface area contributed by atoms with E-state index in [1.165, 1.54) is 6.92 Å². The Balaban J connectivity index is 1.32. The van der Waals surface area contributed by atoms with Gasteiger partial charge in [-0.2, -0.15) is 0 Å². The topological polar surface area (TPSA) is 90.9 Å². The van der Waals surface area contributed by atoms with Gasteiger partial charge in [-0.15, -0.1) is 0 Å². The lowest BCUT2D eigenvalue weighted by atomic mass is 9.98. The van der Waals surface area contributed by atoms with Gasteiger partial charge in [0.05, 0.1) is 0 Å². The number of carbonyl (C=O) groups is 3. The Morgan fingerprint density at radius 1 is 0.757 bits per heavy atom. The predicted octanol–water partition coefficient (Wildman–Crippen LogP) is 5.22. The molecule has 4 rings (SSSR count). The SMILES string of the molecule is CC(C)[C@@H](NC(=O)OCC1c2ccccc2-c2ccccc21)C(=O)O[C@@H](C)C(=O)OCc1ccccc1. The third-order valence-electron chi connectivity index (χ3n) is 6.39. The van der Waals surface area contributed by atoms with E-state index in [9.17, 15) is 14.4 Å². The van der Waals surface area contributed by atoms with E-state index < -0.39 is 30.2 Å². The molecule has 0 heterocycles. The quantitative estimate of drug-likeness (QED) is 0.319. The van der Waals surface area contributed by atoms with Crippen molar-refractivity contribution in [2.75, 3.05) is 6.61 Å². The minimum Gasteiger partial charge on any atom is -0.458 e. The number of hydrogen-bond donors (Lipinski definition) is 1. The molecular formula is C30H31NO6. The summed E-state index contributed by atoms with van der Waals surface area (Å²) in [6.45, 7) is 5.19. The highest BCUT2D eigenvalue weighted by Gasteiger charge is 2.32. The molecule has 3 aromatic carbocycles. The molecule has 1 amide bonds. The zero-order valence-electron chi connectivity index (χ0n) is 21.2. The summed E-state index contributed by atoms with van der Waals surface area (Å²) in [6, 6.07) is 24.3. The highest BCUT2D eigenvalue weighted by molar-refractivity contribution is 5.85. The molecule has 1 aliphatic rings. The van der Waals surface area contributed by atoms with Crippen LogP contribution in [0, 0.1) is 5.92 Å². The fourth-order valence-electron chi connectivity index (χ4n) is 4.41. The van der Waals surface area contributed by atoms with Gasteiger partial charge in [-0.05, 0) is 40.7 Å². The van der Waals surface area contributed by atoms with E-state index in [1.54, 1.807) is 13.8 Å². The molecule has 0 saturated carbocycles. The van der Waals surface area contributed by atoms with Crippen molar-refractivity contribution in [1.82, 2.24) is 5.32 Å². The first-order valence-corrected chi connectivity index (χ1v) is 12.4. The average molecular weight is 502 g/mol. The molecule has 3 aromatic rings. The number of fused-ring (bicyclic) bond motifs is 3. The zero-order valence-corrected chi connectivity index (χ0v) is 21.2. The first-order chi connectivity index (χ1) is 17.8. The summed E-state index contributed by atoms with van der Waals surface area (Å²) in [4.78, 5) is 37.8. The highest BCUT2D eigenvalue weighted by atomic mass is 16.6. The zero-order chi connectivity index (χ0) is 26.4. The lowest BCUT2D eigenvalue weighted by Gasteiger charge is -2.23. The summed E-state index contributed by atoms with van der Waals surface area (Å²) < 4.78 is 16.1. The van der Waals surface area contributed by atoms with Crippen LogP contribution in [-0.4, -0.2) is 36.8 Å². The van der Waals surface area contributed by atoms with Crippen molar-refractivity contribution in [3.05, 3.63) is 95.6 Å². The standard InChI is InChI=1S/C30H31NO6/c1-19(2)27(29(33)37-20(3)28(32)35-17-21-11-5-4-6-12-21)31-30(34)36-18-26-24-15-9-7-13-22(24)23-14-8-10-16-25(23)26/h4-16,19-20,26-27H,17-18H2,1-3H3,(H,31,34)/t20-,27+/m0/s1. The van der Waals surface area contributed by atoms with Crippen molar-refractivity contribution in [2.24, 2.45) is 5.92 Å². The van der Waals surface area contributed by atoms with Gasteiger partial charge in [0.1, 0.15) is 19.3 Å². The van der Waals surface area contributed by atoms with Gasteiger partial charge in [0, 0.05) is 5.92 Å². The van der Waals surface area contributed by atoms with Crippen LogP contribution in [0.1, 0.15) is 43.4 Å². The summed E-state index contributed by atoms with van der Waals surface area (Å²) in [5.74, 6) is -1.78. The first kappa shape index (κ1) is 25.9. The Hall–Kier alpha value is -4.13. The predicted molar refractivity (Wildman–Crippen MR) is 139 cm³/mol. The van der Waals surface area contributed by atoms with Crippen LogP contribution in [0.3, 0.4) is 0 Å². The number of carbonyl (C=O) groups excluding carboxylic acids is 3. The second-order valence-corrected chi connectivity index (χ2v) is 9.36. The van der Waals surface area contributed by atoms with Crippen molar-refractivity contribution < 1.29 is 28.6 Å². The van der Waals surface area contributed by atoms with Crippen LogP contribution < -0.4 is 5.32 Å². The maximum atomic E-state index is 12.8. The lowest BCUT2D eigenvalue weighted by molar-refractivity contribution is -0.169. The van der Waals surface area contributed by atoms with Gasteiger partial charge >= 0.3 is 18.0 Å². The molecule has 0 saturated heterocycles. The first-order valence-electron chi connectivity index (χ1n) is 12.4. The van der Waals surface area contributed by atoms with E-state index in [0.717, 1.165) is 27.8 Å². The smallest absolute Gasteiger partial charge is 0.407 e. The van der Waals surface area contributed by atoms with Gasteiger partial charge in [0.25, 0.3) is 0 Å². The summed E-state index contributed by atoms with van der Waals surface area (Å²) >= 11 is 0. The van der Waals surface area contributed by atoms with Crippen LogP contribution in [0.5, 0.6) is 0 Å². The van der Waals surface area contributed by atoms with Gasteiger partial charge in [-0.25, -0.2) is 14.4 Å². The molecule has 0 unspecified atom stereocenters. The molecule has 1 aliphatic carbocycles. The Labute approximate surface area is 216 Å². The van der Waals surface area contributed by atoms with Crippen LogP contribution in [0.4, 0.5) is 4.79 Å². The Morgan fingerprint density at radius 3 is 1.92 bits per heavy atom. The molecule has 0 fully saturated rings. The van der Waals surface area contributed by atoms with Crippen LogP contribution in [0.25, 0.3) is 11.1 Å². The van der Waals surface area contributed by atoms with E-state index in [0.29, 0.717) is 0 Å². The van der Waals surface area contributed by atoms with Crippen LogP contribution in [0.15, 0.2) is 78.9 Å². The molecule has 1 N–H and O–H groups in total. The number of benzene rings is 3. The van der Waals surface area contributed by atoms with Crippen molar-refractivity contribution in [1.29, 1.82) is 0 Å². The number of esters is 2. The third kappa shape index (κ3) is 6.17. The van der Waals surface area contributed by atoms with Crippen molar-refractivity contribution in [2.45, 2.75) is 45.4 Å². The summed E-state index contributed by atoms with van der Waals surface area (Å²) in [7, 11) is 0. The van der Waals surface area contributed by atoms with E-state index in [2.05, 4.69) is 17.4 Å². The van der Waals surface area contributed by atoms with Gasteiger partial charge in [-0.1, -0.05) is 92.7 Å². The Morgan fingerprint density at radius 2 is 1.32 bits per heavy atom. The van der Waals surface area contributed by atoms with Gasteiger partial charge in [0.15, 0.2) is 6.10 Å². The minimum atomic E-state index is -1.12. The highest BCUT2D eigenvalue weighted by Crippen LogP contribution is 2.44. The molecule has 7 heteroatoms. The second-order valence-electron chi connectivity index (χ2n) is 9.36. The maximum absolute atomic E-state index is 12.8. The number of alkyl carbamates (subject to hydrolysis) is 1. The molecule has 192 valence electrons. The van der Waals surface area contributed by atoms with E-state index in [1.807, 2.05) is 66.7 Å². The second kappa shape index (κ2) is 11.7. The molecule has 0 aliphatic heterocycles. The molecule has 37 heavy (non-hydrogen) atoms. The molecule has 0 aromatic heterocycles. The summed E-state index contributed by atoms with van der Waals surface area (Å²) in [6.07, 6.45) is -1.85. The van der Waals surface area contributed by atoms with E-state index in [-0.39, 0.29) is 25.0 Å². The molecule has 0 spiro atoms. The third-order valence-corrected chi connectivity index (χ3v) is 6.39. The summed E-state index contributed by atoms with van der Waals surface area (Å²) in [5.41, 5.74) is 5.28. The van der Waals surface area contributed by atoms with E-state index in [4.69, 9.17) is 14.2 Å². The maximum Gasteiger partial charge on any atom is 0.407 e. The molecule has 0 radical (unpaired) electrons. The van der Waals surface area contributed by atoms with Crippen molar-refractivity contribution in [3.8, 4) is 11.1 Å². The van der Waals surface area contributed by atoms with Crippen LogP contribution in [-0.2, 0) is 30.4 Å². The molecule has 2 atom stereocenters. The number of nitrogens with one attached hydrogen (secondary N) is 1. The number of amides is 1. The monoisotopic (exact) mass is 501 g/mol. The number of rotatable bonds is 9. The fraction of sp³-hybridized carbons (Fsp3) is 0.300. The lowest BCUT2D eigenvalue weighted by Crippen LogP contribution is -2.47. The average Bonchev–Trinajstić information content (AvgIpc) is 3.23. The van der Waals surface area contributed by atoms with Crippen molar-refractivity contribution in [3.63, 3.8) is 0 Å². The fourth-order valence-corrected chi connectivity index (χ4v) is 4.41. The van der Waals surface area contributed by atoms with Crippen molar-refractivity contribution >= 4 is 18.0 Å². The minimum absolute atomic E-state index is 0.0766. The normalized spacial score (nSPS) is 13.7. The summed E-state index contributed by atoms with van der Waals surface area (Å²) in [5, 5.41) is 2.60. The van der Waals surface area contributed by atoms with Gasteiger partial charge < -0.3 is 19.5 Å².